The molecule has 1 atom stereocenters. The van der Waals surface area contributed by atoms with Gasteiger partial charge in [0.2, 0.25) is 0 Å². The highest BCUT2D eigenvalue weighted by molar-refractivity contribution is 5.45. The molecule has 2 aliphatic rings. The number of benzene rings is 1. The Morgan fingerprint density at radius 1 is 1.00 bits per heavy atom. The second-order valence-corrected chi connectivity index (χ2v) is 5.18. The Balaban J connectivity index is 1.84. The van der Waals surface area contributed by atoms with Crippen molar-refractivity contribution in [1.29, 1.82) is 0 Å². The first-order valence-corrected chi connectivity index (χ1v) is 7.11. The summed E-state index contributed by atoms with van der Waals surface area (Å²) in [5, 5.41) is 10.5. The van der Waals surface area contributed by atoms with Gasteiger partial charge in [0.25, 0.3) is 0 Å². The molecule has 19 heavy (non-hydrogen) atoms. The van der Waals surface area contributed by atoms with E-state index in [9.17, 15) is 5.11 Å². The molecule has 0 saturated carbocycles. The Bertz CT molecular complexity index is 479. The van der Waals surface area contributed by atoms with E-state index in [-0.39, 0.29) is 0 Å². The first kappa shape index (κ1) is 12.5. The van der Waals surface area contributed by atoms with Gasteiger partial charge in [0, 0.05) is 6.42 Å². The highest BCUT2D eigenvalue weighted by atomic mass is 16.5. The van der Waals surface area contributed by atoms with Crippen LogP contribution in [-0.4, -0.2) is 18.3 Å². The van der Waals surface area contributed by atoms with Gasteiger partial charge in [-0.1, -0.05) is 12.1 Å². The van der Waals surface area contributed by atoms with Crippen LogP contribution in [0.1, 0.15) is 43.8 Å². The lowest BCUT2D eigenvalue weighted by molar-refractivity contribution is 0.207. The molecule has 1 aliphatic heterocycles. The minimum atomic E-state index is -0.502. The third kappa shape index (κ3) is 2.76. The van der Waals surface area contributed by atoms with E-state index in [1.807, 2.05) is 18.2 Å². The van der Waals surface area contributed by atoms with Crippen LogP contribution in [0, 0.1) is 0 Å². The summed E-state index contributed by atoms with van der Waals surface area (Å²) in [6, 6.07) is 5.76. The zero-order valence-corrected chi connectivity index (χ0v) is 11.1. The summed E-state index contributed by atoms with van der Waals surface area (Å²) in [5.74, 6) is 1.54. The lowest BCUT2D eigenvalue weighted by Gasteiger charge is -2.20. The van der Waals surface area contributed by atoms with Gasteiger partial charge in [-0.15, -0.1) is 0 Å². The minimum Gasteiger partial charge on any atom is -0.490 e. The number of hydrogen-bond acceptors (Lipinski definition) is 3. The number of hydrogen-bond donors (Lipinski definition) is 1. The molecular weight excluding hydrogens is 240 g/mol. The van der Waals surface area contributed by atoms with Crippen molar-refractivity contribution in [2.75, 3.05) is 13.2 Å². The van der Waals surface area contributed by atoms with E-state index in [1.165, 1.54) is 12.8 Å². The summed E-state index contributed by atoms with van der Waals surface area (Å²) in [4.78, 5) is 0. The number of rotatable bonds is 2. The average Bonchev–Trinajstić information content (AvgIpc) is 2.72. The van der Waals surface area contributed by atoms with E-state index in [2.05, 4.69) is 6.08 Å². The summed E-state index contributed by atoms with van der Waals surface area (Å²) < 4.78 is 11.3. The standard InChI is InChI=1S/C16H20O3/c17-16(12-5-2-1-3-6-12)13-7-8-14-15(11-13)19-10-4-9-18-14/h5,7-8,11,16-17H,1-4,6,9-10H2. The second-order valence-electron chi connectivity index (χ2n) is 5.18. The summed E-state index contributed by atoms with van der Waals surface area (Å²) in [6.45, 7) is 1.37. The first-order valence-electron chi connectivity index (χ1n) is 7.11. The Hall–Kier alpha value is -1.48. The largest absolute Gasteiger partial charge is 0.490 e. The van der Waals surface area contributed by atoms with Gasteiger partial charge in [0.15, 0.2) is 11.5 Å². The van der Waals surface area contributed by atoms with Crippen LogP contribution in [0.2, 0.25) is 0 Å². The van der Waals surface area contributed by atoms with Crippen LogP contribution in [0.4, 0.5) is 0 Å². The Morgan fingerprint density at radius 2 is 1.84 bits per heavy atom. The maximum atomic E-state index is 10.5. The first-order chi connectivity index (χ1) is 9.34. The molecule has 1 unspecified atom stereocenters. The zero-order valence-electron chi connectivity index (χ0n) is 11.1. The molecule has 0 radical (unpaired) electrons. The molecule has 1 aliphatic carbocycles. The van der Waals surface area contributed by atoms with Gasteiger partial charge in [-0.05, 0) is 49.0 Å². The molecule has 102 valence electrons. The van der Waals surface area contributed by atoms with E-state index >= 15 is 0 Å². The molecule has 1 aromatic rings. The normalized spacial score (nSPS) is 20.4. The molecule has 3 rings (SSSR count). The number of allylic oxidation sites excluding steroid dienone is 1. The predicted molar refractivity (Wildman–Crippen MR) is 73.6 cm³/mol. The molecular formula is C16H20O3. The van der Waals surface area contributed by atoms with Gasteiger partial charge in [-0.3, -0.25) is 0 Å². The topological polar surface area (TPSA) is 38.7 Å². The SMILES string of the molecule is OC(C1=CCCCC1)c1ccc2c(c1)OCCCO2. The van der Waals surface area contributed by atoms with Gasteiger partial charge >= 0.3 is 0 Å². The van der Waals surface area contributed by atoms with Crippen LogP contribution >= 0.6 is 0 Å². The van der Waals surface area contributed by atoms with Crippen molar-refractivity contribution in [2.45, 2.75) is 38.2 Å². The minimum absolute atomic E-state index is 0.502. The predicted octanol–water partition coefficient (Wildman–Crippen LogP) is 3.38. The molecule has 1 N–H and O–H groups in total. The van der Waals surface area contributed by atoms with Crippen molar-refractivity contribution in [1.82, 2.24) is 0 Å². The Morgan fingerprint density at radius 3 is 2.63 bits per heavy atom. The summed E-state index contributed by atoms with van der Waals surface area (Å²) in [5.41, 5.74) is 2.04. The molecule has 1 aromatic carbocycles. The van der Waals surface area contributed by atoms with Gasteiger partial charge < -0.3 is 14.6 Å². The third-order valence-corrected chi connectivity index (χ3v) is 3.76. The molecule has 0 saturated heterocycles. The van der Waals surface area contributed by atoms with Crippen molar-refractivity contribution in [3.63, 3.8) is 0 Å². The van der Waals surface area contributed by atoms with Crippen molar-refractivity contribution in [2.24, 2.45) is 0 Å². The lowest BCUT2D eigenvalue weighted by atomic mass is 9.92. The molecule has 1 heterocycles. The van der Waals surface area contributed by atoms with Crippen LogP contribution in [0.25, 0.3) is 0 Å². The fourth-order valence-corrected chi connectivity index (χ4v) is 2.68. The summed E-state index contributed by atoms with van der Waals surface area (Å²) in [6.07, 6.45) is 7.06. The summed E-state index contributed by atoms with van der Waals surface area (Å²) >= 11 is 0. The van der Waals surface area contributed by atoms with E-state index in [1.54, 1.807) is 0 Å². The van der Waals surface area contributed by atoms with Crippen LogP contribution < -0.4 is 9.47 Å². The molecule has 0 amide bonds. The molecule has 3 heteroatoms. The fraction of sp³-hybridized carbons (Fsp3) is 0.500. The molecule has 0 aromatic heterocycles. The molecule has 0 bridgehead atoms. The van der Waals surface area contributed by atoms with Gasteiger partial charge in [-0.25, -0.2) is 0 Å². The van der Waals surface area contributed by atoms with E-state index in [4.69, 9.17) is 9.47 Å². The van der Waals surface area contributed by atoms with Gasteiger partial charge in [0.05, 0.1) is 13.2 Å². The maximum Gasteiger partial charge on any atom is 0.161 e. The number of ether oxygens (including phenoxy) is 2. The highest BCUT2D eigenvalue weighted by Crippen LogP contribution is 2.36. The van der Waals surface area contributed by atoms with Crippen LogP contribution in [0.3, 0.4) is 0 Å². The lowest BCUT2D eigenvalue weighted by Crippen LogP contribution is -2.05. The van der Waals surface area contributed by atoms with Gasteiger partial charge in [0.1, 0.15) is 6.10 Å². The quantitative estimate of drug-likeness (QED) is 0.828. The number of aliphatic hydroxyl groups is 1. The van der Waals surface area contributed by atoms with Crippen molar-refractivity contribution < 1.29 is 14.6 Å². The monoisotopic (exact) mass is 260 g/mol. The average molecular weight is 260 g/mol. The maximum absolute atomic E-state index is 10.5. The fourth-order valence-electron chi connectivity index (χ4n) is 2.68. The van der Waals surface area contributed by atoms with E-state index in [0.717, 1.165) is 41.9 Å². The summed E-state index contributed by atoms with van der Waals surface area (Å²) in [7, 11) is 0. The molecule has 0 spiro atoms. The van der Waals surface area contributed by atoms with Crippen molar-refractivity contribution in [3.8, 4) is 11.5 Å². The number of fused-ring (bicyclic) bond motifs is 1. The van der Waals surface area contributed by atoms with E-state index < -0.39 is 6.10 Å². The third-order valence-electron chi connectivity index (χ3n) is 3.76. The number of aliphatic hydroxyl groups excluding tert-OH is 1. The van der Waals surface area contributed by atoms with Crippen molar-refractivity contribution in [3.05, 3.63) is 35.4 Å². The Kier molecular flexibility index (Phi) is 3.74. The van der Waals surface area contributed by atoms with Gasteiger partial charge in [-0.2, -0.15) is 0 Å². The Labute approximate surface area is 113 Å². The smallest absolute Gasteiger partial charge is 0.161 e. The zero-order chi connectivity index (χ0) is 13.1. The van der Waals surface area contributed by atoms with Crippen molar-refractivity contribution >= 4 is 0 Å². The molecule has 3 nitrogen and oxygen atoms in total. The van der Waals surface area contributed by atoms with Crippen LogP contribution in [-0.2, 0) is 0 Å². The van der Waals surface area contributed by atoms with E-state index in [0.29, 0.717) is 13.2 Å². The molecule has 0 fully saturated rings. The highest BCUT2D eigenvalue weighted by Gasteiger charge is 2.18. The second kappa shape index (κ2) is 5.66. The van der Waals surface area contributed by atoms with Crippen LogP contribution in [0.15, 0.2) is 29.8 Å². The van der Waals surface area contributed by atoms with Crippen LogP contribution in [0.5, 0.6) is 11.5 Å².